The zero-order valence-corrected chi connectivity index (χ0v) is 15.1. The molecule has 1 atom stereocenters. The molecule has 0 fully saturated rings. The summed E-state index contributed by atoms with van der Waals surface area (Å²) in [5.41, 5.74) is 4.14. The van der Waals surface area contributed by atoms with Crippen molar-refractivity contribution >= 4 is 12.4 Å². The molecule has 0 saturated carbocycles. The molecular weight excluding hydrogens is 348 g/mol. The number of carbonyl (C=O) groups is 2. The number of hydrogen-bond donors (Lipinski definition) is 2. The minimum Gasteiger partial charge on any atom is -0.499 e. The molecular formula is C17H23F2N3O4. The van der Waals surface area contributed by atoms with Crippen molar-refractivity contribution in [3.05, 3.63) is 47.4 Å². The second kappa shape index (κ2) is 9.02. The van der Waals surface area contributed by atoms with Gasteiger partial charge >= 0.3 is 6.09 Å². The van der Waals surface area contributed by atoms with Crippen molar-refractivity contribution in [1.29, 1.82) is 0 Å². The lowest BCUT2D eigenvalue weighted by atomic mass is 10.2. The SMILES string of the molecule is CO/C(=C\C(F)=C/N)CN(C(=O)OC(C)(C)C)C1=CC=C(C=O)C(F)N1. The third kappa shape index (κ3) is 6.23. The monoisotopic (exact) mass is 371 g/mol. The van der Waals surface area contributed by atoms with Gasteiger partial charge in [-0.3, -0.25) is 9.69 Å². The Kier molecular flexibility index (Phi) is 7.36. The van der Waals surface area contributed by atoms with Gasteiger partial charge in [0.15, 0.2) is 12.6 Å². The van der Waals surface area contributed by atoms with E-state index in [1.165, 1.54) is 19.3 Å². The summed E-state index contributed by atoms with van der Waals surface area (Å²) in [6.45, 7) is 4.73. The Morgan fingerprint density at radius 3 is 2.54 bits per heavy atom. The summed E-state index contributed by atoms with van der Waals surface area (Å²) in [4.78, 5) is 24.3. The maximum Gasteiger partial charge on any atom is 0.416 e. The number of alkyl halides is 1. The van der Waals surface area contributed by atoms with Crippen LogP contribution in [-0.2, 0) is 14.3 Å². The third-order valence-electron chi connectivity index (χ3n) is 3.08. The Balaban J connectivity index is 3.20. The lowest BCUT2D eigenvalue weighted by Crippen LogP contribution is -2.44. The summed E-state index contributed by atoms with van der Waals surface area (Å²) in [7, 11) is 1.29. The number of dihydropyridines is 1. The number of hydrogen-bond acceptors (Lipinski definition) is 6. The molecule has 1 aliphatic rings. The third-order valence-corrected chi connectivity index (χ3v) is 3.08. The molecule has 0 radical (unpaired) electrons. The number of rotatable bonds is 6. The largest absolute Gasteiger partial charge is 0.499 e. The molecule has 0 aromatic heterocycles. The predicted molar refractivity (Wildman–Crippen MR) is 91.7 cm³/mol. The highest BCUT2D eigenvalue weighted by Gasteiger charge is 2.29. The summed E-state index contributed by atoms with van der Waals surface area (Å²) in [6.07, 6.45) is 2.04. The molecule has 9 heteroatoms. The van der Waals surface area contributed by atoms with Crippen LogP contribution in [0.4, 0.5) is 13.6 Å². The Morgan fingerprint density at radius 1 is 1.42 bits per heavy atom. The van der Waals surface area contributed by atoms with E-state index in [2.05, 4.69) is 5.32 Å². The number of ether oxygens (including phenoxy) is 2. The first-order valence-electron chi connectivity index (χ1n) is 7.71. The van der Waals surface area contributed by atoms with Crippen molar-refractivity contribution in [3.8, 4) is 0 Å². The second-order valence-corrected chi connectivity index (χ2v) is 6.28. The van der Waals surface area contributed by atoms with Crippen LogP contribution in [0.15, 0.2) is 47.4 Å². The molecule has 1 amide bonds. The molecule has 1 unspecified atom stereocenters. The molecule has 144 valence electrons. The zero-order valence-electron chi connectivity index (χ0n) is 15.1. The van der Waals surface area contributed by atoms with Gasteiger partial charge in [0.2, 0.25) is 0 Å². The number of aldehydes is 1. The van der Waals surface area contributed by atoms with Crippen LogP contribution in [0.1, 0.15) is 20.8 Å². The van der Waals surface area contributed by atoms with E-state index < -0.39 is 23.8 Å². The van der Waals surface area contributed by atoms with Gasteiger partial charge in [0.05, 0.1) is 13.7 Å². The summed E-state index contributed by atoms with van der Waals surface area (Å²) < 4.78 is 37.7. The van der Waals surface area contributed by atoms with Gasteiger partial charge in [-0.1, -0.05) is 0 Å². The second-order valence-electron chi connectivity index (χ2n) is 6.28. The smallest absolute Gasteiger partial charge is 0.416 e. The highest BCUT2D eigenvalue weighted by molar-refractivity contribution is 5.76. The van der Waals surface area contributed by atoms with E-state index in [0.717, 1.165) is 17.2 Å². The van der Waals surface area contributed by atoms with E-state index in [0.29, 0.717) is 6.29 Å². The van der Waals surface area contributed by atoms with Crippen molar-refractivity contribution in [3.63, 3.8) is 0 Å². The van der Waals surface area contributed by atoms with Crippen molar-refractivity contribution in [2.45, 2.75) is 32.7 Å². The van der Waals surface area contributed by atoms with Crippen LogP contribution in [0.2, 0.25) is 0 Å². The molecule has 0 aliphatic carbocycles. The van der Waals surface area contributed by atoms with E-state index in [1.807, 2.05) is 0 Å². The van der Waals surface area contributed by atoms with Crippen LogP contribution in [0.3, 0.4) is 0 Å². The zero-order chi connectivity index (χ0) is 19.9. The highest BCUT2D eigenvalue weighted by Crippen LogP contribution is 2.19. The van der Waals surface area contributed by atoms with Gasteiger partial charge in [-0.2, -0.15) is 0 Å². The number of amides is 1. The maximum atomic E-state index is 14.0. The van der Waals surface area contributed by atoms with Crippen LogP contribution < -0.4 is 11.1 Å². The lowest BCUT2D eigenvalue weighted by Gasteiger charge is -2.31. The van der Waals surface area contributed by atoms with Gasteiger partial charge in [-0.25, -0.2) is 13.6 Å². The number of nitrogens with one attached hydrogen (secondary N) is 1. The first kappa shape index (κ1) is 21.2. The van der Waals surface area contributed by atoms with Gasteiger partial charge in [0, 0.05) is 17.8 Å². The number of carbonyl (C=O) groups excluding carboxylic acids is 2. The average Bonchev–Trinajstić information content (AvgIpc) is 2.56. The normalized spacial score (nSPS) is 18.3. The van der Waals surface area contributed by atoms with Crippen LogP contribution >= 0.6 is 0 Å². The molecule has 0 bridgehead atoms. The van der Waals surface area contributed by atoms with E-state index in [1.54, 1.807) is 20.8 Å². The minimum atomic E-state index is -1.80. The first-order chi connectivity index (χ1) is 12.1. The van der Waals surface area contributed by atoms with Crippen molar-refractivity contribution in [1.82, 2.24) is 10.2 Å². The Bertz CT molecular complexity index is 663. The maximum absolute atomic E-state index is 14.0. The van der Waals surface area contributed by atoms with Crippen LogP contribution in [0, 0.1) is 0 Å². The number of nitrogens with two attached hydrogens (primary N) is 1. The fourth-order valence-corrected chi connectivity index (χ4v) is 1.88. The van der Waals surface area contributed by atoms with Gasteiger partial charge in [-0.05, 0) is 32.9 Å². The summed E-state index contributed by atoms with van der Waals surface area (Å²) in [5.74, 6) is -0.709. The summed E-state index contributed by atoms with van der Waals surface area (Å²) >= 11 is 0. The van der Waals surface area contributed by atoms with Crippen molar-refractivity contribution in [2.75, 3.05) is 13.7 Å². The first-order valence-corrected chi connectivity index (χ1v) is 7.71. The van der Waals surface area contributed by atoms with Gasteiger partial charge in [-0.15, -0.1) is 0 Å². The van der Waals surface area contributed by atoms with E-state index in [9.17, 15) is 18.4 Å². The van der Waals surface area contributed by atoms with Gasteiger partial charge in [0.1, 0.15) is 23.0 Å². The highest BCUT2D eigenvalue weighted by atomic mass is 19.1. The fraction of sp³-hybridized carbons (Fsp3) is 0.412. The molecule has 0 aromatic rings. The molecule has 0 aromatic carbocycles. The number of allylic oxidation sites excluding steroid dienone is 4. The quantitative estimate of drug-likeness (QED) is 0.322. The topological polar surface area (TPSA) is 93.9 Å². The molecule has 7 nitrogen and oxygen atoms in total. The van der Waals surface area contributed by atoms with E-state index in [4.69, 9.17) is 15.2 Å². The average molecular weight is 371 g/mol. The van der Waals surface area contributed by atoms with Crippen molar-refractivity contribution in [2.24, 2.45) is 5.73 Å². The molecule has 0 saturated heterocycles. The summed E-state index contributed by atoms with van der Waals surface area (Å²) in [5, 5.41) is 2.39. The molecule has 3 N–H and O–H groups in total. The fourth-order valence-electron chi connectivity index (χ4n) is 1.88. The Hall–Kier alpha value is -2.84. The lowest BCUT2D eigenvalue weighted by molar-refractivity contribution is -0.105. The molecule has 0 spiro atoms. The van der Waals surface area contributed by atoms with Gasteiger partial charge < -0.3 is 20.5 Å². The van der Waals surface area contributed by atoms with Crippen LogP contribution in [0.5, 0.6) is 0 Å². The van der Waals surface area contributed by atoms with Crippen molar-refractivity contribution < 1.29 is 27.8 Å². The summed E-state index contributed by atoms with van der Waals surface area (Å²) in [6, 6.07) is 0. The van der Waals surface area contributed by atoms with Gasteiger partial charge in [0.25, 0.3) is 0 Å². The van der Waals surface area contributed by atoms with Crippen LogP contribution in [-0.4, -0.2) is 42.8 Å². The van der Waals surface area contributed by atoms with Crippen LogP contribution in [0.25, 0.3) is 0 Å². The number of nitrogens with zero attached hydrogens (tertiary/aromatic N) is 1. The van der Waals surface area contributed by atoms with E-state index >= 15 is 0 Å². The number of methoxy groups -OCH3 is 1. The van der Waals surface area contributed by atoms with E-state index in [-0.39, 0.29) is 23.7 Å². The standard InChI is InChI=1S/C17H23F2N3O4/c1-17(2,3)26-16(24)22(9-13(25-4)7-12(18)8-20)14-6-5-11(10-23)15(19)21-14/h5-8,10,15,21H,9,20H2,1-4H3/b12-8+,13-7-. The molecule has 26 heavy (non-hydrogen) atoms. The Morgan fingerprint density at radius 2 is 2.08 bits per heavy atom. The Labute approximate surface area is 150 Å². The number of halogens is 2. The molecule has 1 heterocycles. The minimum absolute atomic E-state index is 0.0254. The molecule has 1 rings (SSSR count). The predicted octanol–water partition coefficient (Wildman–Crippen LogP) is 2.39. The molecule has 1 aliphatic heterocycles.